The molecule has 0 bridgehead atoms. The van der Waals surface area contributed by atoms with Crippen molar-refractivity contribution < 1.29 is 32.4 Å². The normalized spacial score (nSPS) is 12.5. The van der Waals surface area contributed by atoms with E-state index in [1.807, 2.05) is 0 Å². The summed E-state index contributed by atoms with van der Waals surface area (Å²) in [6.07, 6.45) is -0.414. The van der Waals surface area contributed by atoms with Crippen LogP contribution < -0.4 is 4.90 Å². The highest BCUT2D eigenvalue weighted by Crippen LogP contribution is 2.20. The van der Waals surface area contributed by atoms with Crippen molar-refractivity contribution in [3.05, 3.63) is 29.8 Å². The molecule has 1 aromatic carbocycles. The second kappa shape index (κ2) is 8.76. The topological polar surface area (TPSA) is 116 Å². The van der Waals surface area contributed by atoms with E-state index in [2.05, 4.69) is 4.18 Å². The summed E-state index contributed by atoms with van der Waals surface area (Å²) in [4.78, 5) is 23.8. The minimum atomic E-state index is -2.78. The van der Waals surface area contributed by atoms with Gasteiger partial charge >= 0.3 is 12.1 Å². The molecule has 1 aromatic rings. The van der Waals surface area contributed by atoms with Gasteiger partial charge in [0.15, 0.2) is 0 Å². The predicted molar refractivity (Wildman–Crippen MR) is 86.0 cm³/mol. The average Bonchev–Trinajstić information content (AvgIpc) is 2.44. The third-order valence-corrected chi connectivity index (χ3v) is 3.07. The third kappa shape index (κ3) is 7.53. The summed E-state index contributed by atoms with van der Waals surface area (Å²) in [6.45, 7) is 4.53. The van der Waals surface area contributed by atoms with Crippen molar-refractivity contribution in [1.29, 1.82) is 0 Å². The van der Waals surface area contributed by atoms with Gasteiger partial charge in [-0.1, -0.05) is 12.1 Å². The van der Waals surface area contributed by atoms with E-state index < -0.39 is 35.8 Å². The van der Waals surface area contributed by atoms with Crippen LogP contribution in [0.4, 0.5) is 10.5 Å². The van der Waals surface area contributed by atoms with Gasteiger partial charge in [-0.15, -0.1) is 0 Å². The fourth-order valence-corrected chi connectivity index (χ4v) is 1.93. The Labute approximate surface area is 142 Å². The number of aliphatic carboxylic acids is 1. The predicted octanol–water partition coefficient (Wildman–Crippen LogP) is 2.21. The van der Waals surface area contributed by atoms with Crippen LogP contribution in [0.25, 0.3) is 0 Å². The molecule has 0 aromatic heterocycles. The molecule has 9 heteroatoms. The summed E-state index contributed by atoms with van der Waals surface area (Å²) in [6, 6.07) is 6.45. The molecule has 1 amide bonds. The van der Waals surface area contributed by atoms with Crippen molar-refractivity contribution in [1.82, 2.24) is 0 Å². The molecule has 0 aliphatic rings. The van der Waals surface area contributed by atoms with E-state index in [0.29, 0.717) is 12.1 Å². The van der Waals surface area contributed by atoms with Crippen LogP contribution in [-0.4, -0.2) is 38.3 Å². The Morgan fingerprint density at radius 2 is 1.83 bits per heavy atom. The van der Waals surface area contributed by atoms with E-state index in [4.69, 9.17) is 9.84 Å². The molecular formula is C15H20NO7S-. The number of hydrogen-bond acceptors (Lipinski definition) is 6. The van der Waals surface area contributed by atoms with E-state index in [-0.39, 0.29) is 6.42 Å². The van der Waals surface area contributed by atoms with Crippen molar-refractivity contribution in [3.63, 3.8) is 0 Å². The summed E-state index contributed by atoms with van der Waals surface area (Å²) in [5.74, 6) is -0.902. The number of nitrogens with zero attached hydrogens (tertiary/aromatic N) is 1. The maximum absolute atomic E-state index is 12.2. The van der Waals surface area contributed by atoms with Gasteiger partial charge in [-0.05, 0) is 44.9 Å². The maximum Gasteiger partial charge on any atom is 0.416 e. The molecule has 24 heavy (non-hydrogen) atoms. The average molecular weight is 358 g/mol. The molecule has 0 aliphatic heterocycles. The lowest BCUT2D eigenvalue weighted by Crippen LogP contribution is -2.38. The number of aryl methyl sites for hydroxylation is 1. The lowest BCUT2D eigenvalue weighted by Gasteiger charge is -2.27. The van der Waals surface area contributed by atoms with Gasteiger partial charge in [0, 0.05) is 12.1 Å². The van der Waals surface area contributed by atoms with Gasteiger partial charge in [0.1, 0.15) is 12.3 Å². The molecule has 0 aliphatic carbocycles. The standard InChI is InChI=1S/C15H21NO7S/c1-15(2,3)23-14(19)16(10-22-24(20)21)12-7-4-11(5-8-12)6-9-13(17)18/h4-5,7-8H,6,9-10H2,1-3H3,(H,17,18)(H,20,21)/p-1. The molecule has 1 rings (SSSR count). The first-order valence-corrected chi connectivity index (χ1v) is 8.12. The van der Waals surface area contributed by atoms with Crippen LogP contribution in [0.2, 0.25) is 0 Å². The second-order valence-corrected chi connectivity index (χ2v) is 6.56. The Bertz CT molecular complexity index is 595. The zero-order valence-corrected chi connectivity index (χ0v) is 14.5. The number of carboxylic acids is 1. The third-order valence-electron chi connectivity index (χ3n) is 2.77. The smallest absolute Gasteiger partial charge is 0.416 e. The number of ether oxygens (including phenoxy) is 1. The number of amides is 1. The van der Waals surface area contributed by atoms with Crippen LogP contribution >= 0.6 is 0 Å². The van der Waals surface area contributed by atoms with E-state index in [9.17, 15) is 18.4 Å². The van der Waals surface area contributed by atoms with Crippen LogP contribution in [0.5, 0.6) is 0 Å². The Balaban J connectivity index is 2.90. The zero-order valence-electron chi connectivity index (χ0n) is 13.7. The lowest BCUT2D eigenvalue weighted by molar-refractivity contribution is -0.136. The molecule has 0 saturated carbocycles. The van der Waals surface area contributed by atoms with Crippen LogP contribution in [0.3, 0.4) is 0 Å². The van der Waals surface area contributed by atoms with Gasteiger partial charge < -0.3 is 14.4 Å². The summed E-state index contributed by atoms with van der Waals surface area (Å²) in [5, 5.41) is 8.68. The number of hydrogen-bond donors (Lipinski definition) is 1. The van der Waals surface area contributed by atoms with Crippen molar-refractivity contribution in [3.8, 4) is 0 Å². The first kappa shape index (κ1) is 20.1. The van der Waals surface area contributed by atoms with Gasteiger partial charge in [0.2, 0.25) is 0 Å². The fourth-order valence-electron chi connectivity index (χ4n) is 1.74. The molecule has 0 fully saturated rings. The molecule has 1 atom stereocenters. The fraction of sp³-hybridized carbons (Fsp3) is 0.467. The Morgan fingerprint density at radius 3 is 2.29 bits per heavy atom. The Morgan fingerprint density at radius 1 is 1.25 bits per heavy atom. The lowest BCUT2D eigenvalue weighted by atomic mass is 10.1. The highest BCUT2D eigenvalue weighted by molar-refractivity contribution is 7.74. The second-order valence-electron chi connectivity index (χ2n) is 5.92. The van der Waals surface area contributed by atoms with E-state index in [1.165, 1.54) is 0 Å². The number of carboxylic acid groups (broad SMARTS) is 1. The Kier molecular flexibility index (Phi) is 7.33. The summed E-state index contributed by atoms with van der Waals surface area (Å²) < 4.78 is 30.9. The summed E-state index contributed by atoms with van der Waals surface area (Å²) >= 11 is -2.78. The highest BCUT2D eigenvalue weighted by Gasteiger charge is 2.23. The molecular weight excluding hydrogens is 338 g/mol. The summed E-state index contributed by atoms with van der Waals surface area (Å²) in [7, 11) is 0. The highest BCUT2D eigenvalue weighted by atomic mass is 32.2. The Hall–Kier alpha value is -1.97. The molecule has 0 heterocycles. The summed E-state index contributed by atoms with van der Waals surface area (Å²) in [5.41, 5.74) is 0.389. The number of anilines is 1. The zero-order chi connectivity index (χ0) is 18.3. The molecule has 0 saturated heterocycles. The molecule has 8 nitrogen and oxygen atoms in total. The molecule has 134 valence electrons. The monoisotopic (exact) mass is 358 g/mol. The molecule has 0 radical (unpaired) electrons. The van der Waals surface area contributed by atoms with Crippen molar-refractivity contribution in [2.24, 2.45) is 0 Å². The minimum Gasteiger partial charge on any atom is -0.750 e. The van der Waals surface area contributed by atoms with Crippen LogP contribution in [0.1, 0.15) is 32.8 Å². The van der Waals surface area contributed by atoms with E-state index >= 15 is 0 Å². The van der Waals surface area contributed by atoms with Gasteiger partial charge in [-0.2, -0.15) is 0 Å². The van der Waals surface area contributed by atoms with Gasteiger partial charge in [-0.3, -0.25) is 13.9 Å². The quantitative estimate of drug-likeness (QED) is 0.586. The van der Waals surface area contributed by atoms with Crippen LogP contribution in [0.15, 0.2) is 24.3 Å². The minimum absolute atomic E-state index is 0.00655. The number of rotatable bonds is 7. The molecule has 0 spiro atoms. The SMILES string of the molecule is CC(C)(C)OC(=O)N(COS(=O)[O-])c1ccc(CCC(=O)O)cc1. The van der Waals surface area contributed by atoms with E-state index in [1.54, 1.807) is 45.0 Å². The van der Waals surface area contributed by atoms with E-state index in [0.717, 1.165) is 10.5 Å². The first-order valence-electron chi connectivity index (χ1n) is 7.12. The first-order chi connectivity index (χ1) is 11.1. The largest absolute Gasteiger partial charge is 0.750 e. The van der Waals surface area contributed by atoms with Gasteiger partial charge in [-0.25, -0.2) is 9.00 Å². The molecule has 1 N–H and O–H groups in total. The van der Waals surface area contributed by atoms with Gasteiger partial charge in [0.05, 0.1) is 11.4 Å². The van der Waals surface area contributed by atoms with Crippen molar-refractivity contribution >= 4 is 29.1 Å². The maximum atomic E-state index is 12.2. The van der Waals surface area contributed by atoms with Crippen LogP contribution in [0, 0.1) is 0 Å². The van der Waals surface area contributed by atoms with Crippen molar-refractivity contribution in [2.75, 3.05) is 11.6 Å². The number of carbonyl (C=O) groups is 2. The van der Waals surface area contributed by atoms with Crippen molar-refractivity contribution in [2.45, 2.75) is 39.2 Å². The van der Waals surface area contributed by atoms with Crippen LogP contribution in [-0.2, 0) is 31.5 Å². The number of benzene rings is 1. The number of carbonyl (C=O) groups excluding carboxylic acids is 1. The van der Waals surface area contributed by atoms with Gasteiger partial charge in [0.25, 0.3) is 0 Å². The molecule has 1 unspecified atom stereocenters.